The highest BCUT2D eigenvalue weighted by molar-refractivity contribution is 6.30. The summed E-state index contributed by atoms with van der Waals surface area (Å²) in [6, 6.07) is 0. The average molecular weight is 225 g/mol. The van der Waals surface area contributed by atoms with Crippen LogP contribution < -0.4 is 5.73 Å². The number of primary amides is 1. The van der Waals surface area contributed by atoms with E-state index in [0.29, 0.717) is 6.20 Å². The second kappa shape index (κ2) is 3.83. The molecule has 7 heteroatoms. The number of pyridine rings is 1. The lowest BCUT2D eigenvalue weighted by Gasteiger charge is -2.07. The lowest BCUT2D eigenvalue weighted by atomic mass is 10.1. The zero-order chi connectivity index (χ0) is 10.9. The van der Waals surface area contributed by atoms with Gasteiger partial charge < -0.3 is 5.73 Å². The van der Waals surface area contributed by atoms with Crippen LogP contribution in [0.4, 0.5) is 13.2 Å². The summed E-state index contributed by atoms with van der Waals surface area (Å²) in [5.41, 5.74) is 2.83. The summed E-state index contributed by atoms with van der Waals surface area (Å²) in [5.74, 6) is -2.51. The van der Waals surface area contributed by atoms with Crippen LogP contribution in [-0.2, 0) is 0 Å². The summed E-state index contributed by atoms with van der Waals surface area (Å²) < 4.78 is 37.5. The van der Waals surface area contributed by atoms with Crippen LogP contribution in [0.5, 0.6) is 0 Å². The Bertz CT molecular complexity index is 383. The molecule has 0 unspecified atom stereocenters. The highest BCUT2D eigenvalue weighted by Gasteiger charge is 2.24. The van der Waals surface area contributed by atoms with Crippen molar-refractivity contribution in [3.63, 3.8) is 0 Å². The lowest BCUT2D eigenvalue weighted by Crippen LogP contribution is -2.17. The van der Waals surface area contributed by atoms with Gasteiger partial charge in [0.15, 0.2) is 5.82 Å². The van der Waals surface area contributed by atoms with Crippen LogP contribution in [0.3, 0.4) is 0 Å². The van der Waals surface area contributed by atoms with Crippen LogP contribution in [0.1, 0.15) is 22.3 Å². The number of alkyl halides is 2. The summed E-state index contributed by atoms with van der Waals surface area (Å²) in [4.78, 5) is 13.8. The molecule has 0 aliphatic heterocycles. The van der Waals surface area contributed by atoms with Gasteiger partial charge in [0.2, 0.25) is 0 Å². The number of rotatable bonds is 2. The van der Waals surface area contributed by atoms with Gasteiger partial charge in [0.1, 0.15) is 5.15 Å². The van der Waals surface area contributed by atoms with Gasteiger partial charge in [0, 0.05) is 0 Å². The number of hydrogen-bond donors (Lipinski definition) is 1. The molecular formula is C7H4ClF3N2O. The molecule has 3 nitrogen and oxygen atoms in total. The van der Waals surface area contributed by atoms with Crippen molar-refractivity contribution in [2.45, 2.75) is 6.43 Å². The Morgan fingerprint density at radius 1 is 1.57 bits per heavy atom. The SMILES string of the molecule is NC(=O)c1c(F)cnc(Cl)c1C(F)F. The number of amides is 1. The normalized spacial score (nSPS) is 10.6. The molecule has 0 aliphatic carbocycles. The van der Waals surface area contributed by atoms with E-state index in [4.69, 9.17) is 17.3 Å². The van der Waals surface area contributed by atoms with Crippen molar-refractivity contribution in [3.05, 3.63) is 28.3 Å². The molecule has 1 aromatic heterocycles. The molecule has 0 atom stereocenters. The van der Waals surface area contributed by atoms with Crippen molar-refractivity contribution >= 4 is 17.5 Å². The zero-order valence-corrected chi connectivity index (χ0v) is 7.36. The van der Waals surface area contributed by atoms with Crippen molar-refractivity contribution in [2.75, 3.05) is 0 Å². The van der Waals surface area contributed by atoms with Gasteiger partial charge in [-0.15, -0.1) is 0 Å². The van der Waals surface area contributed by atoms with Crippen LogP contribution in [0.2, 0.25) is 5.15 Å². The molecule has 0 bridgehead atoms. The van der Waals surface area contributed by atoms with Gasteiger partial charge in [-0.3, -0.25) is 4.79 Å². The molecule has 0 aromatic carbocycles. The summed E-state index contributed by atoms with van der Waals surface area (Å²) >= 11 is 5.27. The topological polar surface area (TPSA) is 56.0 Å². The Morgan fingerprint density at radius 2 is 2.14 bits per heavy atom. The van der Waals surface area contributed by atoms with Gasteiger partial charge in [-0.25, -0.2) is 18.2 Å². The molecule has 1 heterocycles. The zero-order valence-electron chi connectivity index (χ0n) is 6.60. The maximum Gasteiger partial charge on any atom is 0.267 e. The van der Waals surface area contributed by atoms with E-state index in [0.717, 1.165) is 0 Å². The first-order valence-electron chi connectivity index (χ1n) is 3.37. The highest BCUT2D eigenvalue weighted by Crippen LogP contribution is 2.29. The second-order valence-electron chi connectivity index (χ2n) is 2.35. The minimum atomic E-state index is -3.10. The van der Waals surface area contributed by atoms with E-state index in [-0.39, 0.29) is 0 Å². The van der Waals surface area contributed by atoms with Crippen LogP contribution in [0.25, 0.3) is 0 Å². The van der Waals surface area contributed by atoms with Gasteiger partial charge in [0.05, 0.1) is 17.3 Å². The Morgan fingerprint density at radius 3 is 2.50 bits per heavy atom. The Hall–Kier alpha value is -1.30. The molecule has 0 saturated heterocycles. The molecule has 0 radical (unpaired) electrons. The van der Waals surface area contributed by atoms with E-state index >= 15 is 0 Å². The number of nitrogens with zero attached hydrogens (tertiary/aromatic N) is 1. The van der Waals surface area contributed by atoms with Crippen LogP contribution in [0, 0.1) is 5.82 Å². The molecule has 0 aliphatic rings. The fourth-order valence-electron chi connectivity index (χ4n) is 0.929. The molecule has 2 N–H and O–H groups in total. The number of halogens is 4. The number of hydrogen-bond acceptors (Lipinski definition) is 2. The monoisotopic (exact) mass is 224 g/mol. The number of carbonyl (C=O) groups is 1. The molecular weight excluding hydrogens is 221 g/mol. The van der Waals surface area contributed by atoms with Crippen molar-refractivity contribution < 1.29 is 18.0 Å². The Kier molecular flexibility index (Phi) is 2.95. The maximum absolute atomic E-state index is 12.9. The third-order valence-corrected chi connectivity index (χ3v) is 1.79. The molecule has 0 saturated carbocycles. The largest absolute Gasteiger partial charge is 0.365 e. The lowest BCUT2D eigenvalue weighted by molar-refractivity contribution is 0.0980. The van der Waals surface area contributed by atoms with E-state index in [1.54, 1.807) is 0 Å². The molecule has 14 heavy (non-hydrogen) atoms. The Labute approximate surface area is 81.7 Å². The van der Waals surface area contributed by atoms with Crippen molar-refractivity contribution in [1.82, 2.24) is 4.98 Å². The third-order valence-electron chi connectivity index (χ3n) is 1.49. The molecule has 1 amide bonds. The van der Waals surface area contributed by atoms with E-state index in [1.165, 1.54) is 0 Å². The fraction of sp³-hybridized carbons (Fsp3) is 0.143. The minimum Gasteiger partial charge on any atom is -0.365 e. The summed E-state index contributed by atoms with van der Waals surface area (Å²) in [6.07, 6.45) is -2.54. The van der Waals surface area contributed by atoms with E-state index in [2.05, 4.69) is 4.98 Å². The Balaban J connectivity index is 3.50. The van der Waals surface area contributed by atoms with Crippen molar-refractivity contribution in [3.8, 4) is 0 Å². The smallest absolute Gasteiger partial charge is 0.267 e. The fourth-order valence-corrected chi connectivity index (χ4v) is 1.15. The predicted molar refractivity (Wildman–Crippen MR) is 42.7 cm³/mol. The first-order valence-corrected chi connectivity index (χ1v) is 3.74. The molecule has 1 rings (SSSR count). The van der Waals surface area contributed by atoms with Gasteiger partial charge >= 0.3 is 0 Å². The number of nitrogens with two attached hydrogens (primary N) is 1. The summed E-state index contributed by atoms with van der Waals surface area (Å²) in [5, 5.41) is -0.629. The number of carbonyl (C=O) groups excluding carboxylic acids is 1. The molecule has 76 valence electrons. The van der Waals surface area contributed by atoms with E-state index in [9.17, 15) is 18.0 Å². The van der Waals surface area contributed by atoms with Gasteiger partial charge in [0.25, 0.3) is 12.3 Å². The third kappa shape index (κ3) is 1.79. The first-order chi connectivity index (χ1) is 6.45. The highest BCUT2D eigenvalue weighted by atomic mass is 35.5. The van der Waals surface area contributed by atoms with Crippen LogP contribution in [0.15, 0.2) is 6.20 Å². The first kappa shape index (κ1) is 10.8. The minimum absolute atomic E-state index is 0.564. The quantitative estimate of drug-likeness (QED) is 0.780. The van der Waals surface area contributed by atoms with Crippen LogP contribution >= 0.6 is 11.6 Å². The molecule has 0 fully saturated rings. The van der Waals surface area contributed by atoms with Gasteiger partial charge in [-0.1, -0.05) is 11.6 Å². The predicted octanol–water partition coefficient (Wildman–Crippen LogP) is 1.91. The molecule has 1 aromatic rings. The van der Waals surface area contributed by atoms with Gasteiger partial charge in [-0.2, -0.15) is 0 Å². The van der Waals surface area contributed by atoms with Crippen molar-refractivity contribution in [1.29, 1.82) is 0 Å². The summed E-state index contributed by atoms with van der Waals surface area (Å²) in [7, 11) is 0. The number of aromatic nitrogens is 1. The van der Waals surface area contributed by atoms with E-state index < -0.39 is 34.4 Å². The summed E-state index contributed by atoms with van der Waals surface area (Å²) in [6.45, 7) is 0. The molecule has 0 spiro atoms. The van der Waals surface area contributed by atoms with Gasteiger partial charge in [-0.05, 0) is 0 Å². The second-order valence-corrected chi connectivity index (χ2v) is 2.71. The standard InChI is InChI=1S/C7H4ClF3N2O/c8-5-4(6(10)11)3(7(12)14)2(9)1-13-5/h1,6H,(H2,12,14). The van der Waals surface area contributed by atoms with Crippen LogP contribution in [-0.4, -0.2) is 10.9 Å². The van der Waals surface area contributed by atoms with Crippen molar-refractivity contribution in [2.24, 2.45) is 5.73 Å². The maximum atomic E-state index is 12.9. The van der Waals surface area contributed by atoms with E-state index in [1.807, 2.05) is 0 Å². The average Bonchev–Trinajstić information content (AvgIpc) is 2.07.